The Morgan fingerprint density at radius 1 is 1.39 bits per heavy atom. The van der Waals surface area contributed by atoms with Crippen LogP contribution in [0.15, 0.2) is 22.9 Å². The number of aryl methyl sites for hydroxylation is 2. The van der Waals surface area contributed by atoms with E-state index >= 15 is 0 Å². The molecule has 2 rings (SSSR count). The largest absolute Gasteiger partial charge is 0.309 e. The number of halogens is 1. The quantitative estimate of drug-likeness (QED) is 0.943. The zero-order chi connectivity index (χ0) is 13.1. The van der Waals surface area contributed by atoms with Crippen molar-refractivity contribution in [2.45, 2.75) is 20.3 Å². The second-order valence-corrected chi connectivity index (χ2v) is 6.09. The van der Waals surface area contributed by atoms with Gasteiger partial charge in [-0.05, 0) is 35.8 Å². The van der Waals surface area contributed by atoms with E-state index < -0.39 is 0 Å². The molecule has 94 valence electrons. The number of amides is 1. The molecule has 0 fully saturated rings. The van der Waals surface area contributed by atoms with Crippen molar-refractivity contribution in [2.24, 2.45) is 0 Å². The first-order valence-corrected chi connectivity index (χ1v) is 6.99. The van der Waals surface area contributed by atoms with Gasteiger partial charge < -0.3 is 5.32 Å². The second-order valence-electron chi connectivity index (χ2n) is 3.90. The van der Waals surface area contributed by atoms with Crippen LogP contribution in [0.4, 0.5) is 5.82 Å². The summed E-state index contributed by atoms with van der Waals surface area (Å²) in [5.41, 5.74) is 0.824. The summed E-state index contributed by atoms with van der Waals surface area (Å²) in [5, 5.41) is 2.73. The Balaban J connectivity index is 2.01. The van der Waals surface area contributed by atoms with Crippen LogP contribution in [0.2, 0.25) is 0 Å². The Labute approximate surface area is 118 Å². The highest BCUT2D eigenvalue weighted by molar-refractivity contribution is 9.10. The maximum atomic E-state index is 11.8. The summed E-state index contributed by atoms with van der Waals surface area (Å²) in [6.45, 7) is 3.87. The molecule has 0 saturated heterocycles. The van der Waals surface area contributed by atoms with Gasteiger partial charge in [0.25, 0.3) is 0 Å². The molecule has 2 aromatic heterocycles. The van der Waals surface area contributed by atoms with Crippen molar-refractivity contribution < 1.29 is 4.79 Å². The molecular formula is C12H12BrN3OS. The van der Waals surface area contributed by atoms with Crippen molar-refractivity contribution in [3.05, 3.63) is 38.4 Å². The van der Waals surface area contributed by atoms with Gasteiger partial charge in [0.15, 0.2) is 5.82 Å². The molecule has 0 aromatic carbocycles. The molecule has 2 aromatic rings. The Morgan fingerprint density at radius 3 is 2.72 bits per heavy atom. The molecule has 0 bridgehead atoms. The van der Waals surface area contributed by atoms with Gasteiger partial charge in [-0.15, -0.1) is 11.3 Å². The van der Waals surface area contributed by atoms with E-state index in [1.807, 2.05) is 19.9 Å². The van der Waals surface area contributed by atoms with Gasteiger partial charge in [0.05, 0.1) is 24.5 Å². The molecule has 0 aliphatic carbocycles. The van der Waals surface area contributed by atoms with Crippen LogP contribution >= 0.6 is 27.3 Å². The number of nitrogens with zero attached hydrogens (tertiary/aromatic N) is 2. The van der Waals surface area contributed by atoms with Crippen LogP contribution < -0.4 is 5.32 Å². The second kappa shape index (κ2) is 5.58. The average molecular weight is 326 g/mol. The molecule has 18 heavy (non-hydrogen) atoms. The first-order valence-electron chi connectivity index (χ1n) is 5.38. The summed E-state index contributed by atoms with van der Waals surface area (Å²) >= 11 is 5.05. The number of nitrogens with one attached hydrogen (secondary N) is 1. The molecule has 0 saturated carbocycles. The summed E-state index contributed by atoms with van der Waals surface area (Å²) < 4.78 is 0.982. The zero-order valence-corrected chi connectivity index (χ0v) is 12.4. The van der Waals surface area contributed by atoms with E-state index in [1.54, 1.807) is 23.7 Å². The van der Waals surface area contributed by atoms with E-state index in [0.717, 1.165) is 15.0 Å². The Bertz CT molecular complexity index is 565. The summed E-state index contributed by atoms with van der Waals surface area (Å²) in [4.78, 5) is 22.2. The maximum absolute atomic E-state index is 11.8. The molecule has 0 atom stereocenters. The molecule has 2 heterocycles. The molecule has 0 radical (unpaired) electrons. The Kier molecular flexibility index (Phi) is 4.08. The number of thiophene rings is 1. The minimum atomic E-state index is -0.0873. The Hall–Kier alpha value is -1.27. The van der Waals surface area contributed by atoms with Crippen molar-refractivity contribution in [1.29, 1.82) is 0 Å². The van der Waals surface area contributed by atoms with Crippen molar-refractivity contribution in [3.63, 3.8) is 0 Å². The molecule has 0 aliphatic rings. The van der Waals surface area contributed by atoms with Crippen LogP contribution in [0, 0.1) is 13.8 Å². The molecule has 1 N–H and O–H groups in total. The molecule has 0 spiro atoms. The van der Waals surface area contributed by atoms with Gasteiger partial charge in [-0.3, -0.25) is 9.78 Å². The van der Waals surface area contributed by atoms with Gasteiger partial charge >= 0.3 is 0 Å². The highest BCUT2D eigenvalue weighted by Crippen LogP contribution is 2.27. The minimum Gasteiger partial charge on any atom is -0.309 e. The van der Waals surface area contributed by atoms with Gasteiger partial charge in [0.2, 0.25) is 5.91 Å². The summed E-state index contributed by atoms with van der Waals surface area (Å²) in [7, 11) is 0. The van der Waals surface area contributed by atoms with Gasteiger partial charge in [-0.2, -0.15) is 0 Å². The fraction of sp³-hybridized carbons (Fsp3) is 0.250. The number of rotatable bonds is 3. The van der Waals surface area contributed by atoms with E-state index in [1.165, 1.54) is 4.88 Å². The first kappa shape index (κ1) is 13.2. The zero-order valence-electron chi connectivity index (χ0n) is 10.0. The smallest absolute Gasteiger partial charge is 0.230 e. The first-order chi connectivity index (χ1) is 8.54. The number of carbonyl (C=O) groups is 1. The fourth-order valence-electron chi connectivity index (χ4n) is 1.44. The van der Waals surface area contributed by atoms with Crippen LogP contribution in [0.25, 0.3) is 0 Å². The van der Waals surface area contributed by atoms with Crippen LogP contribution in [0.5, 0.6) is 0 Å². The minimum absolute atomic E-state index is 0.0873. The van der Waals surface area contributed by atoms with Crippen LogP contribution in [-0.2, 0) is 11.2 Å². The third kappa shape index (κ3) is 3.36. The number of anilines is 1. The number of carbonyl (C=O) groups excluding carboxylic acids is 1. The monoisotopic (exact) mass is 325 g/mol. The maximum Gasteiger partial charge on any atom is 0.230 e. The molecule has 0 unspecified atom stereocenters. The molecule has 4 nitrogen and oxygen atoms in total. The lowest BCUT2D eigenvalue weighted by molar-refractivity contribution is -0.115. The lowest BCUT2D eigenvalue weighted by atomic mass is 10.3. The Morgan fingerprint density at radius 2 is 2.17 bits per heavy atom. The van der Waals surface area contributed by atoms with Crippen LogP contribution in [-0.4, -0.2) is 15.9 Å². The van der Waals surface area contributed by atoms with Crippen molar-refractivity contribution in [3.8, 4) is 0 Å². The number of hydrogen-bond acceptors (Lipinski definition) is 4. The highest BCUT2D eigenvalue weighted by atomic mass is 79.9. The highest BCUT2D eigenvalue weighted by Gasteiger charge is 2.10. The van der Waals surface area contributed by atoms with Gasteiger partial charge in [-0.25, -0.2) is 4.98 Å². The normalized spacial score (nSPS) is 10.4. The average Bonchev–Trinajstić information content (AvgIpc) is 2.61. The lowest BCUT2D eigenvalue weighted by Gasteiger charge is -2.03. The lowest BCUT2D eigenvalue weighted by Crippen LogP contribution is -2.15. The van der Waals surface area contributed by atoms with E-state index in [9.17, 15) is 4.79 Å². The van der Waals surface area contributed by atoms with Crippen molar-refractivity contribution in [2.75, 3.05) is 5.32 Å². The standard InChI is InChI=1S/C12H12BrN3OS/c1-7-5-15-11(6-14-7)16-12(17)4-10-9(13)3-8(2)18-10/h3,5-6H,4H2,1-2H3,(H,15,16,17). The fourth-order valence-corrected chi connectivity index (χ4v) is 3.25. The summed E-state index contributed by atoms with van der Waals surface area (Å²) in [5.74, 6) is 0.394. The molecule has 6 heteroatoms. The molecular weight excluding hydrogens is 314 g/mol. The van der Waals surface area contributed by atoms with E-state index in [0.29, 0.717) is 12.2 Å². The van der Waals surface area contributed by atoms with Gasteiger partial charge in [-0.1, -0.05) is 0 Å². The number of hydrogen-bond donors (Lipinski definition) is 1. The molecule has 1 amide bonds. The van der Waals surface area contributed by atoms with Crippen LogP contribution in [0.3, 0.4) is 0 Å². The van der Waals surface area contributed by atoms with Crippen molar-refractivity contribution in [1.82, 2.24) is 9.97 Å². The predicted octanol–water partition coefficient (Wildman–Crippen LogP) is 3.10. The van der Waals surface area contributed by atoms with E-state index in [4.69, 9.17) is 0 Å². The van der Waals surface area contributed by atoms with Crippen LogP contribution in [0.1, 0.15) is 15.4 Å². The third-order valence-electron chi connectivity index (χ3n) is 2.25. The summed E-state index contributed by atoms with van der Waals surface area (Å²) in [6, 6.07) is 2.01. The van der Waals surface area contributed by atoms with Crippen molar-refractivity contribution >= 4 is 39.0 Å². The van der Waals surface area contributed by atoms with Gasteiger partial charge in [0.1, 0.15) is 0 Å². The van der Waals surface area contributed by atoms with E-state index in [-0.39, 0.29) is 5.91 Å². The van der Waals surface area contributed by atoms with E-state index in [2.05, 4.69) is 31.2 Å². The van der Waals surface area contributed by atoms with Gasteiger partial charge in [0, 0.05) is 14.2 Å². The molecule has 0 aliphatic heterocycles. The predicted molar refractivity (Wildman–Crippen MR) is 75.9 cm³/mol. The number of aromatic nitrogens is 2. The SMILES string of the molecule is Cc1cnc(NC(=O)Cc2sc(C)cc2Br)cn1. The third-order valence-corrected chi connectivity index (χ3v) is 4.27. The topological polar surface area (TPSA) is 54.9 Å². The summed E-state index contributed by atoms with van der Waals surface area (Å²) in [6.07, 6.45) is 3.53.